The van der Waals surface area contributed by atoms with E-state index in [1.54, 1.807) is 31.4 Å². The number of aromatic nitrogens is 1. The van der Waals surface area contributed by atoms with Crippen LogP contribution in [0.25, 0.3) is 0 Å². The summed E-state index contributed by atoms with van der Waals surface area (Å²) in [5, 5.41) is 5.87. The van der Waals surface area contributed by atoms with Gasteiger partial charge in [0, 0.05) is 24.5 Å². The molecule has 2 N–H and O–H groups in total. The van der Waals surface area contributed by atoms with Crippen LogP contribution >= 0.6 is 0 Å². The Kier molecular flexibility index (Phi) is 7.05. The zero-order chi connectivity index (χ0) is 20.6. The third kappa shape index (κ3) is 5.47. The summed E-state index contributed by atoms with van der Waals surface area (Å²) in [4.78, 5) is 29.4. The van der Waals surface area contributed by atoms with E-state index in [0.29, 0.717) is 28.3 Å². The van der Waals surface area contributed by atoms with E-state index in [-0.39, 0.29) is 17.9 Å². The van der Waals surface area contributed by atoms with Crippen LogP contribution in [-0.4, -0.2) is 37.1 Å². The maximum atomic E-state index is 12.7. The topological polar surface area (TPSA) is 89.5 Å². The fourth-order valence-electron chi connectivity index (χ4n) is 3.48. The molecule has 0 saturated heterocycles. The highest BCUT2D eigenvalue weighted by molar-refractivity contribution is 6.06. The smallest absolute Gasteiger partial charge is 0.257 e. The SMILES string of the molecule is COc1ccc(NC(=O)c2cncc(C(=O)NC3CCCCCC3)c2)c(OC)c1. The van der Waals surface area contributed by atoms with E-state index in [4.69, 9.17) is 9.47 Å². The summed E-state index contributed by atoms with van der Waals surface area (Å²) in [7, 11) is 3.08. The maximum Gasteiger partial charge on any atom is 0.257 e. The zero-order valence-corrected chi connectivity index (χ0v) is 16.9. The van der Waals surface area contributed by atoms with E-state index in [2.05, 4.69) is 15.6 Å². The van der Waals surface area contributed by atoms with Crippen LogP contribution in [0.3, 0.4) is 0 Å². The van der Waals surface area contributed by atoms with Gasteiger partial charge in [-0.2, -0.15) is 0 Å². The molecule has 0 radical (unpaired) electrons. The van der Waals surface area contributed by atoms with Crippen molar-refractivity contribution in [2.24, 2.45) is 0 Å². The summed E-state index contributed by atoms with van der Waals surface area (Å²) in [5.74, 6) is 0.540. The third-order valence-corrected chi connectivity index (χ3v) is 5.11. The van der Waals surface area contributed by atoms with Gasteiger partial charge in [-0.15, -0.1) is 0 Å². The number of hydrogen-bond donors (Lipinski definition) is 2. The molecule has 0 atom stereocenters. The highest BCUT2D eigenvalue weighted by atomic mass is 16.5. The lowest BCUT2D eigenvalue weighted by Crippen LogP contribution is -2.34. The molecule has 0 spiro atoms. The lowest BCUT2D eigenvalue weighted by atomic mass is 10.1. The summed E-state index contributed by atoms with van der Waals surface area (Å²) in [6.07, 6.45) is 9.62. The molecule has 1 aliphatic carbocycles. The van der Waals surface area contributed by atoms with E-state index in [1.165, 1.54) is 32.3 Å². The molecular formula is C22H27N3O4. The Morgan fingerprint density at radius 3 is 2.28 bits per heavy atom. The number of amides is 2. The highest BCUT2D eigenvalue weighted by Crippen LogP contribution is 2.29. The van der Waals surface area contributed by atoms with Crippen LogP contribution in [0.2, 0.25) is 0 Å². The summed E-state index contributed by atoms with van der Waals surface area (Å²) in [5.41, 5.74) is 1.19. The van der Waals surface area contributed by atoms with Gasteiger partial charge in [0.05, 0.1) is 31.0 Å². The first kappa shape index (κ1) is 20.6. The third-order valence-electron chi connectivity index (χ3n) is 5.11. The average Bonchev–Trinajstić information content (AvgIpc) is 3.02. The Balaban J connectivity index is 1.70. The van der Waals surface area contributed by atoms with Crippen molar-refractivity contribution in [3.05, 3.63) is 47.8 Å². The van der Waals surface area contributed by atoms with Crippen LogP contribution in [0.1, 0.15) is 59.2 Å². The lowest BCUT2D eigenvalue weighted by Gasteiger charge is -2.16. The largest absolute Gasteiger partial charge is 0.497 e. The van der Waals surface area contributed by atoms with Crippen LogP contribution in [0, 0.1) is 0 Å². The first-order valence-corrected chi connectivity index (χ1v) is 9.90. The molecular weight excluding hydrogens is 370 g/mol. The number of anilines is 1. The number of nitrogens with one attached hydrogen (secondary N) is 2. The van der Waals surface area contributed by atoms with Crippen molar-refractivity contribution in [1.82, 2.24) is 10.3 Å². The summed E-state index contributed by atoms with van der Waals surface area (Å²) in [6.45, 7) is 0. The Morgan fingerprint density at radius 1 is 0.931 bits per heavy atom. The number of methoxy groups -OCH3 is 2. The van der Waals surface area contributed by atoms with Gasteiger partial charge in [0.2, 0.25) is 0 Å². The number of rotatable bonds is 6. The molecule has 29 heavy (non-hydrogen) atoms. The van der Waals surface area contributed by atoms with Gasteiger partial charge < -0.3 is 20.1 Å². The van der Waals surface area contributed by atoms with Crippen molar-refractivity contribution in [2.75, 3.05) is 19.5 Å². The molecule has 1 aromatic carbocycles. The minimum atomic E-state index is -0.370. The van der Waals surface area contributed by atoms with Gasteiger partial charge in [-0.3, -0.25) is 14.6 Å². The Hall–Kier alpha value is -3.09. The highest BCUT2D eigenvalue weighted by Gasteiger charge is 2.18. The van der Waals surface area contributed by atoms with Gasteiger partial charge >= 0.3 is 0 Å². The Labute approximate surface area is 170 Å². The quantitative estimate of drug-likeness (QED) is 0.724. The zero-order valence-electron chi connectivity index (χ0n) is 16.9. The normalized spacial score (nSPS) is 14.6. The minimum Gasteiger partial charge on any atom is -0.497 e. The van der Waals surface area contributed by atoms with E-state index in [0.717, 1.165) is 25.7 Å². The van der Waals surface area contributed by atoms with Gasteiger partial charge in [-0.25, -0.2) is 0 Å². The van der Waals surface area contributed by atoms with Crippen LogP contribution in [-0.2, 0) is 0 Å². The van der Waals surface area contributed by atoms with Gasteiger partial charge in [-0.1, -0.05) is 25.7 Å². The van der Waals surface area contributed by atoms with Gasteiger partial charge in [0.1, 0.15) is 11.5 Å². The first-order chi connectivity index (χ1) is 14.1. The summed E-state index contributed by atoms with van der Waals surface area (Å²) in [6, 6.07) is 6.86. The molecule has 0 bridgehead atoms. The number of carbonyl (C=O) groups is 2. The molecule has 2 aromatic rings. The number of pyridine rings is 1. The van der Waals surface area contributed by atoms with Crippen molar-refractivity contribution in [2.45, 2.75) is 44.6 Å². The molecule has 7 nitrogen and oxygen atoms in total. The molecule has 1 heterocycles. The van der Waals surface area contributed by atoms with Crippen LogP contribution in [0.4, 0.5) is 5.69 Å². The van der Waals surface area contributed by atoms with Crippen LogP contribution in [0.15, 0.2) is 36.7 Å². The van der Waals surface area contributed by atoms with Crippen molar-refractivity contribution in [3.8, 4) is 11.5 Å². The average molecular weight is 397 g/mol. The Morgan fingerprint density at radius 2 is 1.62 bits per heavy atom. The predicted octanol–water partition coefficient (Wildman–Crippen LogP) is 3.80. The molecule has 154 valence electrons. The molecule has 1 aromatic heterocycles. The van der Waals surface area contributed by atoms with Crippen molar-refractivity contribution >= 4 is 17.5 Å². The standard InChI is InChI=1S/C22H27N3O4/c1-28-18-9-10-19(20(12-18)29-2)25-22(27)16-11-15(13-23-14-16)21(26)24-17-7-5-3-4-6-8-17/h9-14,17H,3-8H2,1-2H3,(H,24,26)(H,25,27). The lowest BCUT2D eigenvalue weighted by molar-refractivity contribution is 0.0933. The van der Waals surface area contributed by atoms with Crippen LogP contribution < -0.4 is 20.1 Å². The molecule has 0 unspecified atom stereocenters. The van der Waals surface area contributed by atoms with E-state index >= 15 is 0 Å². The minimum absolute atomic E-state index is 0.186. The number of ether oxygens (including phenoxy) is 2. The fourth-order valence-corrected chi connectivity index (χ4v) is 3.48. The first-order valence-electron chi connectivity index (χ1n) is 9.90. The molecule has 2 amide bonds. The van der Waals surface area contributed by atoms with Crippen molar-refractivity contribution in [1.29, 1.82) is 0 Å². The second-order valence-electron chi connectivity index (χ2n) is 7.14. The van der Waals surface area contributed by atoms with Crippen molar-refractivity contribution in [3.63, 3.8) is 0 Å². The van der Waals surface area contributed by atoms with E-state index in [9.17, 15) is 9.59 Å². The fraction of sp³-hybridized carbons (Fsp3) is 0.409. The summed E-state index contributed by atoms with van der Waals surface area (Å²) >= 11 is 0. The molecule has 1 fully saturated rings. The van der Waals surface area contributed by atoms with E-state index < -0.39 is 0 Å². The second kappa shape index (κ2) is 9.91. The number of benzene rings is 1. The maximum absolute atomic E-state index is 12.7. The molecule has 7 heteroatoms. The monoisotopic (exact) mass is 397 g/mol. The number of carbonyl (C=O) groups excluding carboxylic acids is 2. The number of nitrogens with zero attached hydrogens (tertiary/aromatic N) is 1. The van der Waals surface area contributed by atoms with Crippen LogP contribution in [0.5, 0.6) is 11.5 Å². The summed E-state index contributed by atoms with van der Waals surface area (Å²) < 4.78 is 10.5. The van der Waals surface area contributed by atoms with Gasteiger partial charge in [-0.05, 0) is 31.0 Å². The number of hydrogen-bond acceptors (Lipinski definition) is 5. The molecule has 1 aliphatic rings. The van der Waals surface area contributed by atoms with Gasteiger partial charge in [0.15, 0.2) is 0 Å². The molecule has 1 saturated carbocycles. The van der Waals surface area contributed by atoms with E-state index in [1.807, 2.05) is 0 Å². The predicted molar refractivity (Wildman–Crippen MR) is 111 cm³/mol. The van der Waals surface area contributed by atoms with Crippen molar-refractivity contribution < 1.29 is 19.1 Å². The molecule has 3 rings (SSSR count). The van der Waals surface area contributed by atoms with Gasteiger partial charge in [0.25, 0.3) is 11.8 Å². The second-order valence-corrected chi connectivity index (χ2v) is 7.14. The molecule has 0 aliphatic heterocycles. The Bertz CT molecular complexity index is 861.